The smallest absolute Gasteiger partial charge is 0.239 e. The van der Waals surface area contributed by atoms with Crippen LogP contribution in [0.5, 0.6) is 5.75 Å². The largest absolute Gasteiger partial charge is 0.455 e. The van der Waals surface area contributed by atoms with Crippen LogP contribution in [-0.4, -0.2) is 68.0 Å². The minimum absolute atomic E-state index is 0.585. The molecule has 1 aliphatic rings. The van der Waals surface area contributed by atoms with Crippen molar-refractivity contribution in [2.75, 3.05) is 0 Å². The second-order valence-corrected chi connectivity index (χ2v) is 46.9. The van der Waals surface area contributed by atoms with Crippen LogP contribution >= 0.6 is 0 Å². The lowest BCUT2D eigenvalue weighted by molar-refractivity contribution is -0.0528. The number of benzene rings is 1. The quantitative estimate of drug-likeness (QED) is 0.205. The fraction of sp³-hybridized carbons (Fsp3) is 0.704. The molecule has 0 aliphatic carbocycles. The van der Waals surface area contributed by atoms with Crippen molar-refractivity contribution in [3.8, 4) is 5.75 Å². The summed E-state index contributed by atoms with van der Waals surface area (Å²) in [5, 5.41) is 0. The van der Waals surface area contributed by atoms with E-state index >= 15 is 0 Å². The van der Waals surface area contributed by atoms with Crippen molar-refractivity contribution in [2.45, 2.75) is 124 Å². The second-order valence-electron chi connectivity index (χ2n) is 16.8. The van der Waals surface area contributed by atoms with Gasteiger partial charge in [-0.05, 0) is 12.1 Å². The SMILES string of the molecule is C[Si](C)(C)N(C1=Cc2ccccc2OC1(N([Si](C)(C)C)[Si](C)(C)C)N([Si](C)(C)C)[Si](C)(C)C)[Si](C)(C)C. The van der Waals surface area contributed by atoms with Gasteiger partial charge in [0.2, 0.25) is 5.85 Å². The Balaban J connectivity index is 3.32. The van der Waals surface area contributed by atoms with Crippen molar-refractivity contribution < 1.29 is 4.74 Å². The van der Waals surface area contributed by atoms with E-state index in [0.717, 1.165) is 5.75 Å². The van der Waals surface area contributed by atoms with E-state index in [9.17, 15) is 0 Å². The van der Waals surface area contributed by atoms with Crippen molar-refractivity contribution in [2.24, 2.45) is 0 Å². The average Bonchev–Trinajstić information content (AvgIpc) is 2.54. The zero-order valence-electron chi connectivity index (χ0n) is 27.6. The first kappa shape index (κ1) is 33.0. The van der Waals surface area contributed by atoms with Gasteiger partial charge in [-0.2, -0.15) is 0 Å². The highest BCUT2D eigenvalue weighted by Gasteiger charge is 2.64. The van der Waals surface area contributed by atoms with Gasteiger partial charge in [0.15, 0.2) is 0 Å². The summed E-state index contributed by atoms with van der Waals surface area (Å²) < 4.78 is 16.8. The van der Waals surface area contributed by atoms with Gasteiger partial charge in [-0.15, -0.1) is 0 Å². The van der Waals surface area contributed by atoms with Crippen molar-refractivity contribution >= 4 is 55.5 Å². The third-order valence-electron chi connectivity index (χ3n) is 6.67. The van der Waals surface area contributed by atoms with Gasteiger partial charge in [-0.3, -0.25) is 8.46 Å². The summed E-state index contributed by atoms with van der Waals surface area (Å²) in [7, 11) is -11.2. The molecule has 0 bridgehead atoms. The Morgan fingerprint density at radius 2 is 0.865 bits per heavy atom. The summed E-state index contributed by atoms with van der Waals surface area (Å²) in [6, 6.07) is 8.79. The molecule has 1 aliphatic heterocycles. The van der Waals surface area contributed by atoms with Gasteiger partial charge in [-0.1, -0.05) is 136 Å². The lowest BCUT2D eigenvalue weighted by Crippen LogP contribution is -2.86. The zero-order valence-corrected chi connectivity index (χ0v) is 33.6. The summed E-state index contributed by atoms with van der Waals surface area (Å²) in [5.74, 6) is 0.457. The maximum atomic E-state index is 7.76. The first-order chi connectivity index (χ1) is 16.2. The number of fused-ring (bicyclic) bond motifs is 1. The van der Waals surface area contributed by atoms with Crippen LogP contribution in [0.25, 0.3) is 6.08 Å². The minimum atomic E-state index is -1.89. The molecule has 0 N–H and O–H groups in total. The highest BCUT2D eigenvalue weighted by Crippen LogP contribution is 2.50. The van der Waals surface area contributed by atoms with E-state index < -0.39 is 55.3 Å². The topological polar surface area (TPSA) is 19.0 Å². The van der Waals surface area contributed by atoms with Gasteiger partial charge >= 0.3 is 0 Å². The summed E-state index contributed by atoms with van der Waals surface area (Å²) in [5.41, 5.74) is 2.67. The third kappa shape index (κ3) is 6.75. The van der Waals surface area contributed by atoms with Crippen molar-refractivity contribution in [1.82, 2.24) is 12.7 Å². The molecule has 0 aromatic heterocycles. The third-order valence-corrected chi connectivity index (χ3v) is 28.5. The predicted octanol–water partition coefficient (Wildman–Crippen LogP) is 8.99. The monoisotopic (exact) mass is 609 g/mol. The maximum absolute atomic E-state index is 7.76. The number of hydrogen-bond acceptors (Lipinski definition) is 4. The van der Waals surface area contributed by atoms with Gasteiger partial charge in [0, 0.05) is 5.56 Å². The van der Waals surface area contributed by atoms with E-state index in [0.29, 0.717) is 0 Å². The maximum Gasteiger partial charge on any atom is 0.239 e. The summed E-state index contributed by atoms with van der Waals surface area (Å²) in [6.45, 7) is 45.8. The number of nitrogens with zero attached hydrogens (tertiary/aromatic N) is 3. The number of para-hydroxylation sites is 1. The van der Waals surface area contributed by atoms with E-state index in [-0.39, 0.29) is 0 Å². The molecule has 0 radical (unpaired) electrons. The number of ether oxygens (including phenoxy) is 1. The highest BCUT2D eigenvalue weighted by atomic mass is 28.4. The molecule has 0 atom stereocenters. The van der Waals surface area contributed by atoms with Crippen LogP contribution in [-0.2, 0) is 0 Å². The lowest BCUT2D eigenvalue weighted by Gasteiger charge is -2.68. The summed E-state index contributed by atoms with van der Waals surface area (Å²) >= 11 is 0. The molecule has 0 saturated carbocycles. The van der Waals surface area contributed by atoms with E-state index in [1.807, 2.05) is 0 Å². The molecule has 0 unspecified atom stereocenters. The molecule has 0 saturated heterocycles. The number of rotatable bonds is 9. The van der Waals surface area contributed by atoms with Gasteiger partial charge in [0.25, 0.3) is 0 Å². The van der Waals surface area contributed by atoms with Gasteiger partial charge in [0.1, 0.15) is 55.2 Å². The molecule has 0 fully saturated rings. The summed E-state index contributed by atoms with van der Waals surface area (Å²) in [6.07, 6.45) is 2.57. The summed E-state index contributed by atoms with van der Waals surface area (Å²) in [4.78, 5) is 0. The van der Waals surface area contributed by atoms with Crippen molar-refractivity contribution in [3.63, 3.8) is 0 Å². The van der Waals surface area contributed by atoms with Crippen LogP contribution in [0.1, 0.15) is 5.56 Å². The first-order valence-electron chi connectivity index (χ1n) is 14.1. The molecule has 1 aromatic carbocycles. The molecule has 1 aromatic rings. The van der Waals surface area contributed by atoms with Crippen LogP contribution in [0.3, 0.4) is 0 Å². The van der Waals surface area contributed by atoms with Gasteiger partial charge in [0.05, 0.1) is 5.70 Å². The zero-order chi connectivity index (χ0) is 29.2. The molecule has 0 spiro atoms. The van der Waals surface area contributed by atoms with Crippen molar-refractivity contribution in [3.05, 3.63) is 35.5 Å². The Morgan fingerprint density at radius 1 is 0.514 bits per heavy atom. The molecule has 4 nitrogen and oxygen atoms in total. The van der Waals surface area contributed by atoms with Crippen LogP contribution < -0.4 is 4.74 Å². The first-order valence-corrected chi connectivity index (χ1v) is 34.8. The van der Waals surface area contributed by atoms with Crippen LogP contribution in [0.15, 0.2) is 30.0 Å². The van der Waals surface area contributed by atoms with Gasteiger partial charge < -0.3 is 8.97 Å². The van der Waals surface area contributed by atoms with E-state index in [1.165, 1.54) is 11.3 Å². The van der Waals surface area contributed by atoms with Crippen LogP contribution in [0, 0.1) is 0 Å². The fourth-order valence-electron chi connectivity index (χ4n) is 7.33. The molecular formula is C27H59N3OSi6. The Labute approximate surface area is 237 Å². The van der Waals surface area contributed by atoms with E-state index in [1.54, 1.807) is 0 Å². The fourth-order valence-corrected chi connectivity index (χ4v) is 38.4. The molecule has 0 amide bonds. The predicted molar refractivity (Wildman–Crippen MR) is 183 cm³/mol. The highest BCUT2D eigenvalue weighted by molar-refractivity contribution is 6.93. The molecule has 10 heteroatoms. The Hall–Kier alpha value is -0.219. The van der Waals surface area contributed by atoms with E-state index in [4.69, 9.17) is 4.74 Å². The van der Waals surface area contributed by atoms with Crippen molar-refractivity contribution in [1.29, 1.82) is 0 Å². The standard InChI is InChI=1S/C27H59N3OSi6/c1-32(2,3)28(33(4,5)6)26-23-24-21-19-20-22-25(24)31-27(26,29(34(7,8)9)35(10,11)12)30(36(13,14)15)37(16,17)18/h19-23H,1-18H3. The van der Waals surface area contributed by atoms with Gasteiger partial charge in [-0.25, -0.2) is 0 Å². The molecule has 2 rings (SSSR count). The molecule has 37 heavy (non-hydrogen) atoms. The second kappa shape index (κ2) is 10.0. The normalized spacial score (nSPS) is 17.5. The Morgan fingerprint density at radius 3 is 1.19 bits per heavy atom. The van der Waals surface area contributed by atoms with Crippen LogP contribution in [0.4, 0.5) is 0 Å². The average molecular weight is 610 g/mol. The Bertz CT molecular complexity index is 928. The van der Waals surface area contributed by atoms with Crippen LogP contribution in [0.2, 0.25) is 118 Å². The lowest BCUT2D eigenvalue weighted by atomic mass is 10.1. The molecule has 1 heterocycles. The number of hydrogen-bond donors (Lipinski definition) is 0. The minimum Gasteiger partial charge on any atom is -0.455 e. The molecular weight excluding hydrogens is 551 g/mol. The Kier molecular flexibility index (Phi) is 8.92. The van der Waals surface area contributed by atoms with E-state index in [2.05, 4.69) is 161 Å². The molecule has 212 valence electrons.